The van der Waals surface area contributed by atoms with Crippen LogP contribution in [0, 0.1) is 13.8 Å². The van der Waals surface area contributed by atoms with E-state index in [0.29, 0.717) is 28.0 Å². The fourth-order valence-electron chi connectivity index (χ4n) is 4.08. The highest BCUT2D eigenvalue weighted by Gasteiger charge is 2.31. The van der Waals surface area contributed by atoms with Crippen molar-refractivity contribution in [1.82, 2.24) is 20.1 Å². The first-order valence-corrected chi connectivity index (χ1v) is 14.1. The molecule has 1 aromatic heterocycles. The van der Waals surface area contributed by atoms with Gasteiger partial charge in [0.2, 0.25) is 5.91 Å². The number of alkyl halides is 3. The number of nitrogens with zero attached hydrogens (tertiary/aromatic N) is 3. The summed E-state index contributed by atoms with van der Waals surface area (Å²) in [6.45, 7) is 3.87. The number of methoxy groups -OCH3 is 2. The molecule has 0 spiro atoms. The lowest BCUT2D eigenvalue weighted by Crippen LogP contribution is -2.25. The summed E-state index contributed by atoms with van der Waals surface area (Å²) in [5, 5.41) is 14.1. The molecule has 0 aliphatic heterocycles. The first-order valence-electron chi connectivity index (χ1n) is 12.7. The van der Waals surface area contributed by atoms with Crippen LogP contribution < -0.4 is 20.1 Å². The Hall–Kier alpha value is -4.23. The molecule has 226 valence electrons. The first-order chi connectivity index (χ1) is 20.4. The predicted octanol–water partition coefficient (Wildman–Crippen LogP) is 6.23. The zero-order chi connectivity index (χ0) is 31.3. The smallest absolute Gasteiger partial charge is 0.416 e. The molecule has 0 fully saturated rings. The second kappa shape index (κ2) is 13.4. The summed E-state index contributed by atoms with van der Waals surface area (Å²) < 4.78 is 51.6. The molecule has 0 atom stereocenters. The van der Waals surface area contributed by atoms with Gasteiger partial charge in [-0.05, 0) is 67.4 Å². The molecule has 0 aliphatic rings. The average Bonchev–Trinajstić information content (AvgIpc) is 3.38. The van der Waals surface area contributed by atoms with Crippen LogP contribution in [0.5, 0.6) is 11.5 Å². The minimum atomic E-state index is -4.59. The number of hydrogen-bond donors (Lipinski definition) is 2. The predicted molar refractivity (Wildman–Crippen MR) is 157 cm³/mol. The van der Waals surface area contributed by atoms with Crippen LogP contribution in [0.4, 0.5) is 18.9 Å². The number of thioether (sulfide) groups is 1. The molecule has 43 heavy (non-hydrogen) atoms. The molecule has 2 N–H and O–H groups in total. The topological polar surface area (TPSA) is 107 Å². The summed E-state index contributed by atoms with van der Waals surface area (Å²) in [5.74, 6) is 0.0966. The Morgan fingerprint density at radius 3 is 2.44 bits per heavy atom. The standard InChI is InChI=1S/C29H27ClF3N5O4S/c1-16-6-5-7-22(17(16)2)38-25(14-34-27(40)18-8-11-23(41-3)24(12-18)42-4)36-37-28(38)43-15-26(39)35-21-13-19(29(31,32)33)9-10-20(21)30/h5-13H,14-15H2,1-4H3,(H,34,40)(H,35,39). The van der Waals surface area contributed by atoms with Crippen molar-refractivity contribution in [2.75, 3.05) is 25.3 Å². The van der Waals surface area contributed by atoms with Crippen LogP contribution >= 0.6 is 23.4 Å². The Bertz CT molecular complexity index is 1660. The Labute approximate surface area is 254 Å². The minimum absolute atomic E-state index is 0.000158. The van der Waals surface area contributed by atoms with Crippen LogP contribution in [0.25, 0.3) is 5.69 Å². The van der Waals surface area contributed by atoms with Crippen LogP contribution in [0.15, 0.2) is 59.8 Å². The molecule has 9 nitrogen and oxygen atoms in total. The highest BCUT2D eigenvalue weighted by atomic mass is 35.5. The molecule has 1 heterocycles. The SMILES string of the molecule is COc1ccc(C(=O)NCc2nnc(SCC(=O)Nc3cc(C(F)(F)F)ccc3Cl)n2-c2cccc(C)c2C)cc1OC. The van der Waals surface area contributed by atoms with Crippen molar-refractivity contribution in [3.63, 3.8) is 0 Å². The van der Waals surface area contributed by atoms with Crippen molar-refractivity contribution in [3.05, 3.63) is 87.7 Å². The van der Waals surface area contributed by atoms with Gasteiger partial charge in [0.1, 0.15) is 0 Å². The van der Waals surface area contributed by atoms with E-state index in [1.807, 2.05) is 32.0 Å². The number of benzene rings is 3. The molecule has 0 aliphatic carbocycles. The van der Waals surface area contributed by atoms with Gasteiger partial charge in [-0.2, -0.15) is 13.2 Å². The highest BCUT2D eigenvalue weighted by molar-refractivity contribution is 7.99. The molecular weight excluding hydrogens is 607 g/mol. The molecule has 4 aromatic rings. The molecule has 3 aromatic carbocycles. The Morgan fingerprint density at radius 1 is 1.00 bits per heavy atom. The van der Waals surface area contributed by atoms with E-state index >= 15 is 0 Å². The lowest BCUT2D eigenvalue weighted by atomic mass is 10.1. The van der Waals surface area contributed by atoms with E-state index < -0.39 is 17.6 Å². The van der Waals surface area contributed by atoms with Crippen LogP contribution in [-0.4, -0.2) is 46.6 Å². The number of aromatic nitrogens is 3. The number of ether oxygens (including phenoxy) is 2. The molecule has 4 rings (SSSR count). The number of rotatable bonds is 10. The summed E-state index contributed by atoms with van der Waals surface area (Å²) in [5.41, 5.74) is 1.92. The van der Waals surface area contributed by atoms with Gasteiger partial charge >= 0.3 is 6.18 Å². The fraction of sp³-hybridized carbons (Fsp3) is 0.241. The molecule has 0 bridgehead atoms. The van der Waals surface area contributed by atoms with Gasteiger partial charge in [-0.15, -0.1) is 10.2 Å². The number of nitrogens with one attached hydrogen (secondary N) is 2. The molecule has 0 saturated carbocycles. The number of carbonyl (C=O) groups excluding carboxylic acids is 2. The molecule has 14 heteroatoms. The quantitative estimate of drug-likeness (QED) is 0.199. The van der Waals surface area contributed by atoms with Crippen molar-refractivity contribution < 1.29 is 32.2 Å². The van der Waals surface area contributed by atoms with Gasteiger partial charge in [0, 0.05) is 5.56 Å². The van der Waals surface area contributed by atoms with Crippen LogP contribution in [0.3, 0.4) is 0 Å². The van der Waals surface area contributed by atoms with Crippen LogP contribution in [0.1, 0.15) is 32.9 Å². The number of anilines is 1. The van der Waals surface area contributed by atoms with Gasteiger partial charge in [0.25, 0.3) is 5.91 Å². The number of halogens is 4. The Kier molecular flexibility index (Phi) is 9.87. The fourth-order valence-corrected chi connectivity index (χ4v) is 5.01. The summed E-state index contributed by atoms with van der Waals surface area (Å²) in [6, 6.07) is 13.1. The van der Waals surface area contributed by atoms with Gasteiger partial charge in [0.15, 0.2) is 22.5 Å². The number of amides is 2. The van der Waals surface area contributed by atoms with Crippen LogP contribution in [-0.2, 0) is 17.5 Å². The third-order valence-corrected chi connectivity index (χ3v) is 7.73. The van der Waals surface area contributed by atoms with E-state index in [2.05, 4.69) is 20.8 Å². The van der Waals surface area contributed by atoms with Gasteiger partial charge in [-0.1, -0.05) is 35.5 Å². The van der Waals surface area contributed by atoms with E-state index in [4.69, 9.17) is 21.1 Å². The molecule has 0 saturated heterocycles. The third kappa shape index (κ3) is 7.41. The average molecular weight is 634 g/mol. The van der Waals surface area contributed by atoms with E-state index in [-0.39, 0.29) is 28.9 Å². The monoisotopic (exact) mass is 633 g/mol. The lowest BCUT2D eigenvalue weighted by molar-refractivity contribution is -0.137. The zero-order valence-electron chi connectivity index (χ0n) is 23.5. The van der Waals surface area contributed by atoms with Gasteiger partial charge in [-0.25, -0.2) is 0 Å². The van der Waals surface area contributed by atoms with Crippen LogP contribution in [0.2, 0.25) is 5.02 Å². The second-order valence-corrected chi connectivity index (χ2v) is 10.6. The number of hydrogen-bond acceptors (Lipinski definition) is 7. The van der Waals surface area contributed by atoms with E-state index in [1.165, 1.54) is 14.2 Å². The maximum atomic E-state index is 13.1. The normalized spacial score (nSPS) is 11.3. The maximum absolute atomic E-state index is 13.1. The molecule has 0 radical (unpaired) electrons. The van der Waals surface area contributed by atoms with Gasteiger partial charge < -0.3 is 20.1 Å². The van der Waals surface area contributed by atoms with Crippen molar-refractivity contribution in [2.45, 2.75) is 31.7 Å². The number of carbonyl (C=O) groups is 2. The largest absolute Gasteiger partial charge is 0.493 e. The summed E-state index contributed by atoms with van der Waals surface area (Å²) in [4.78, 5) is 25.7. The van der Waals surface area contributed by atoms with Crippen molar-refractivity contribution >= 4 is 40.9 Å². The summed E-state index contributed by atoms with van der Waals surface area (Å²) in [7, 11) is 2.97. The van der Waals surface area contributed by atoms with E-state index in [1.54, 1.807) is 22.8 Å². The lowest BCUT2D eigenvalue weighted by Gasteiger charge is -2.15. The Morgan fingerprint density at radius 2 is 1.74 bits per heavy atom. The number of aryl methyl sites for hydroxylation is 1. The summed E-state index contributed by atoms with van der Waals surface area (Å²) in [6.07, 6.45) is -4.59. The molecule has 0 unspecified atom stereocenters. The van der Waals surface area contributed by atoms with Crippen molar-refractivity contribution in [3.8, 4) is 17.2 Å². The zero-order valence-corrected chi connectivity index (χ0v) is 25.1. The van der Waals surface area contributed by atoms with E-state index in [0.717, 1.165) is 46.8 Å². The van der Waals surface area contributed by atoms with Crippen molar-refractivity contribution in [1.29, 1.82) is 0 Å². The van der Waals surface area contributed by atoms with Gasteiger partial charge in [0.05, 0.1) is 48.5 Å². The highest BCUT2D eigenvalue weighted by Crippen LogP contribution is 2.34. The minimum Gasteiger partial charge on any atom is -0.493 e. The molecular formula is C29H27ClF3N5O4S. The third-order valence-electron chi connectivity index (χ3n) is 6.47. The maximum Gasteiger partial charge on any atom is 0.416 e. The van der Waals surface area contributed by atoms with Crippen molar-refractivity contribution in [2.24, 2.45) is 0 Å². The van der Waals surface area contributed by atoms with Gasteiger partial charge in [-0.3, -0.25) is 14.2 Å². The van der Waals surface area contributed by atoms with E-state index in [9.17, 15) is 22.8 Å². The molecule has 2 amide bonds. The second-order valence-electron chi connectivity index (χ2n) is 9.23. The summed E-state index contributed by atoms with van der Waals surface area (Å²) >= 11 is 7.05. The first kappa shape index (κ1) is 31.7. The Balaban J connectivity index is 1.55.